The van der Waals surface area contributed by atoms with E-state index in [0.29, 0.717) is 23.0 Å². The van der Waals surface area contributed by atoms with Gasteiger partial charge in [0, 0.05) is 24.7 Å². The van der Waals surface area contributed by atoms with Gasteiger partial charge in [0.15, 0.2) is 0 Å². The molecule has 0 aliphatic carbocycles. The molecule has 0 bridgehead atoms. The molecule has 0 saturated heterocycles. The number of rotatable bonds is 4. The fraction of sp³-hybridized carbons (Fsp3) is 0.467. The highest BCUT2D eigenvalue weighted by molar-refractivity contribution is 7.21. The summed E-state index contributed by atoms with van der Waals surface area (Å²) in [6.45, 7) is 9.64. The second-order valence-electron chi connectivity index (χ2n) is 5.39. The van der Waals surface area contributed by atoms with E-state index in [0.717, 1.165) is 22.3 Å². The van der Waals surface area contributed by atoms with Crippen molar-refractivity contribution in [2.75, 3.05) is 18.8 Å². The fourth-order valence-electron chi connectivity index (χ4n) is 2.30. The van der Waals surface area contributed by atoms with Gasteiger partial charge in [-0.3, -0.25) is 4.79 Å². The molecule has 0 aromatic carbocycles. The molecule has 20 heavy (non-hydrogen) atoms. The highest BCUT2D eigenvalue weighted by Crippen LogP contribution is 2.35. The Bertz CT molecular complexity index is 633. The van der Waals surface area contributed by atoms with Gasteiger partial charge in [-0.1, -0.05) is 13.8 Å². The highest BCUT2D eigenvalue weighted by Gasteiger charge is 2.22. The van der Waals surface area contributed by atoms with E-state index in [1.54, 1.807) is 6.20 Å². The van der Waals surface area contributed by atoms with E-state index in [4.69, 9.17) is 5.73 Å². The van der Waals surface area contributed by atoms with E-state index in [1.807, 2.05) is 24.8 Å². The van der Waals surface area contributed by atoms with Gasteiger partial charge in [-0.05, 0) is 31.4 Å². The smallest absolute Gasteiger partial charge is 0.266 e. The Morgan fingerprint density at radius 3 is 2.75 bits per heavy atom. The van der Waals surface area contributed by atoms with Crippen LogP contribution in [-0.4, -0.2) is 28.9 Å². The molecule has 2 rings (SSSR count). The summed E-state index contributed by atoms with van der Waals surface area (Å²) >= 11 is 1.39. The Hall–Kier alpha value is -1.62. The van der Waals surface area contributed by atoms with E-state index in [-0.39, 0.29) is 5.91 Å². The van der Waals surface area contributed by atoms with Crippen molar-refractivity contribution in [3.05, 3.63) is 22.7 Å². The van der Waals surface area contributed by atoms with Crippen LogP contribution in [0.25, 0.3) is 10.2 Å². The van der Waals surface area contributed by atoms with Crippen LogP contribution < -0.4 is 5.73 Å². The Balaban J connectivity index is 2.44. The molecule has 108 valence electrons. The van der Waals surface area contributed by atoms with Crippen LogP contribution in [0.5, 0.6) is 0 Å². The number of thiophene rings is 1. The first-order chi connectivity index (χ1) is 9.45. The number of anilines is 1. The number of pyridine rings is 1. The number of carbonyl (C=O) groups excluding carboxylic acids is 1. The number of fused-ring (bicyclic) bond motifs is 1. The number of nitrogens with zero attached hydrogens (tertiary/aromatic N) is 2. The summed E-state index contributed by atoms with van der Waals surface area (Å²) in [6, 6.07) is 1.92. The number of hydrogen-bond donors (Lipinski definition) is 1. The summed E-state index contributed by atoms with van der Waals surface area (Å²) in [5.74, 6) is 0.454. The summed E-state index contributed by atoms with van der Waals surface area (Å²) in [5, 5.41) is 0.918. The summed E-state index contributed by atoms with van der Waals surface area (Å²) in [7, 11) is 0. The third-order valence-corrected chi connectivity index (χ3v) is 4.39. The number of carbonyl (C=O) groups is 1. The molecular formula is C15H21N3OS. The molecule has 2 aromatic heterocycles. The number of hydrogen-bond acceptors (Lipinski definition) is 4. The number of aryl methyl sites for hydroxylation is 1. The highest BCUT2D eigenvalue weighted by atomic mass is 32.1. The first kappa shape index (κ1) is 14.8. The van der Waals surface area contributed by atoms with Gasteiger partial charge in [0.2, 0.25) is 0 Å². The SMILES string of the molecule is CCN(CC(C)C)C(=O)c1sc2nccc(C)c2c1N. The molecule has 0 radical (unpaired) electrons. The van der Waals surface area contributed by atoms with E-state index >= 15 is 0 Å². The van der Waals surface area contributed by atoms with Gasteiger partial charge in [-0.15, -0.1) is 11.3 Å². The maximum absolute atomic E-state index is 12.6. The lowest BCUT2D eigenvalue weighted by molar-refractivity contribution is 0.0751. The first-order valence-corrected chi connectivity index (χ1v) is 7.70. The summed E-state index contributed by atoms with van der Waals surface area (Å²) in [4.78, 5) is 20.3. The lowest BCUT2D eigenvalue weighted by Gasteiger charge is -2.22. The van der Waals surface area contributed by atoms with Crippen molar-refractivity contribution in [1.29, 1.82) is 0 Å². The quantitative estimate of drug-likeness (QED) is 0.940. The summed E-state index contributed by atoms with van der Waals surface area (Å²) in [6.07, 6.45) is 1.76. The van der Waals surface area contributed by atoms with E-state index in [2.05, 4.69) is 18.8 Å². The molecule has 0 fully saturated rings. The van der Waals surface area contributed by atoms with Gasteiger partial charge in [0.1, 0.15) is 9.71 Å². The Labute approximate surface area is 123 Å². The number of nitrogens with two attached hydrogens (primary N) is 1. The van der Waals surface area contributed by atoms with Crippen molar-refractivity contribution in [3.63, 3.8) is 0 Å². The van der Waals surface area contributed by atoms with Crippen molar-refractivity contribution < 1.29 is 4.79 Å². The van der Waals surface area contributed by atoms with Gasteiger partial charge in [0.25, 0.3) is 5.91 Å². The molecule has 4 nitrogen and oxygen atoms in total. The van der Waals surface area contributed by atoms with E-state index in [1.165, 1.54) is 11.3 Å². The van der Waals surface area contributed by atoms with Crippen molar-refractivity contribution in [3.8, 4) is 0 Å². The van der Waals surface area contributed by atoms with Gasteiger partial charge in [-0.2, -0.15) is 0 Å². The van der Waals surface area contributed by atoms with E-state index in [9.17, 15) is 4.79 Å². The predicted octanol–water partition coefficient (Wildman–Crippen LogP) is 3.31. The molecule has 0 atom stereocenters. The second-order valence-corrected chi connectivity index (χ2v) is 6.39. The van der Waals surface area contributed by atoms with E-state index < -0.39 is 0 Å². The average molecular weight is 291 g/mol. The number of amides is 1. The zero-order valence-corrected chi connectivity index (χ0v) is 13.3. The molecule has 0 spiro atoms. The topological polar surface area (TPSA) is 59.2 Å². The van der Waals surface area contributed by atoms with Crippen LogP contribution in [0.3, 0.4) is 0 Å². The molecule has 0 unspecified atom stereocenters. The minimum Gasteiger partial charge on any atom is -0.397 e. The third-order valence-electron chi connectivity index (χ3n) is 3.29. The van der Waals surface area contributed by atoms with Crippen LogP contribution in [0, 0.1) is 12.8 Å². The minimum atomic E-state index is 0.0149. The van der Waals surface area contributed by atoms with Crippen molar-refractivity contribution in [2.45, 2.75) is 27.7 Å². The Morgan fingerprint density at radius 1 is 1.50 bits per heavy atom. The zero-order valence-electron chi connectivity index (χ0n) is 12.4. The first-order valence-electron chi connectivity index (χ1n) is 6.88. The predicted molar refractivity (Wildman–Crippen MR) is 85.2 cm³/mol. The standard InChI is InChI=1S/C15H21N3OS/c1-5-18(8-9(2)3)15(19)13-12(16)11-10(4)6-7-17-14(11)20-13/h6-7,9H,5,8,16H2,1-4H3. The van der Waals surface area contributed by atoms with Crippen LogP contribution in [-0.2, 0) is 0 Å². The van der Waals surface area contributed by atoms with Crippen LogP contribution in [0.2, 0.25) is 0 Å². The lowest BCUT2D eigenvalue weighted by atomic mass is 10.1. The van der Waals surface area contributed by atoms with Crippen LogP contribution in [0.4, 0.5) is 5.69 Å². The van der Waals surface area contributed by atoms with Gasteiger partial charge in [-0.25, -0.2) is 4.98 Å². The zero-order chi connectivity index (χ0) is 14.9. The molecule has 0 aliphatic rings. The Morgan fingerprint density at radius 2 is 2.20 bits per heavy atom. The second kappa shape index (κ2) is 5.79. The summed E-state index contributed by atoms with van der Waals surface area (Å²) in [5.41, 5.74) is 7.82. The van der Waals surface area contributed by atoms with Gasteiger partial charge in [0.05, 0.1) is 5.69 Å². The maximum Gasteiger partial charge on any atom is 0.266 e. The molecular weight excluding hydrogens is 270 g/mol. The van der Waals surface area contributed by atoms with Crippen molar-refractivity contribution in [2.24, 2.45) is 5.92 Å². The third kappa shape index (κ3) is 2.63. The average Bonchev–Trinajstić information content (AvgIpc) is 2.73. The molecule has 2 aromatic rings. The van der Waals surface area contributed by atoms with Crippen LogP contribution >= 0.6 is 11.3 Å². The van der Waals surface area contributed by atoms with Crippen molar-refractivity contribution >= 4 is 33.1 Å². The monoisotopic (exact) mass is 291 g/mol. The molecule has 0 aliphatic heterocycles. The van der Waals surface area contributed by atoms with Gasteiger partial charge < -0.3 is 10.6 Å². The largest absolute Gasteiger partial charge is 0.397 e. The molecule has 5 heteroatoms. The van der Waals surface area contributed by atoms with Crippen LogP contribution in [0.15, 0.2) is 12.3 Å². The Kier molecular flexibility index (Phi) is 4.28. The van der Waals surface area contributed by atoms with Crippen molar-refractivity contribution in [1.82, 2.24) is 9.88 Å². The number of nitrogen functional groups attached to an aromatic ring is 1. The number of aromatic nitrogens is 1. The lowest BCUT2D eigenvalue weighted by Crippen LogP contribution is -2.33. The minimum absolute atomic E-state index is 0.0149. The van der Waals surface area contributed by atoms with Crippen LogP contribution in [0.1, 0.15) is 36.0 Å². The molecule has 0 saturated carbocycles. The molecule has 2 N–H and O–H groups in total. The fourth-order valence-corrected chi connectivity index (χ4v) is 3.41. The maximum atomic E-state index is 12.6. The molecule has 2 heterocycles. The normalized spacial score (nSPS) is 11.2. The molecule has 1 amide bonds. The van der Waals surface area contributed by atoms with Gasteiger partial charge >= 0.3 is 0 Å². The summed E-state index contributed by atoms with van der Waals surface area (Å²) < 4.78 is 0.